The van der Waals surface area contributed by atoms with Crippen molar-refractivity contribution in [2.75, 3.05) is 30.3 Å². The van der Waals surface area contributed by atoms with Crippen LogP contribution in [0, 0.1) is 6.92 Å². The molecule has 8 heteroatoms. The Morgan fingerprint density at radius 1 is 1.17 bits per heavy atom. The van der Waals surface area contributed by atoms with Crippen molar-refractivity contribution in [3.63, 3.8) is 0 Å². The molecular weight excluding hydrogens is 398 g/mol. The molecule has 1 N–H and O–H groups in total. The Hall–Kier alpha value is -2.74. The predicted octanol–water partition coefficient (Wildman–Crippen LogP) is 3.28. The number of amides is 1. The van der Waals surface area contributed by atoms with Crippen LogP contribution in [0.4, 0.5) is 5.95 Å². The van der Waals surface area contributed by atoms with Crippen LogP contribution in [-0.2, 0) is 17.8 Å². The topological polar surface area (TPSA) is 76.2 Å². The van der Waals surface area contributed by atoms with E-state index in [1.165, 1.54) is 35.7 Å². The fraction of sp³-hybridized carbons (Fsp3) is 0.409. The average Bonchev–Trinajstić information content (AvgIpc) is 3.51. The fourth-order valence-electron chi connectivity index (χ4n) is 3.64. The first-order valence-electron chi connectivity index (χ1n) is 10.4. The molecule has 1 saturated heterocycles. The minimum atomic E-state index is 0.00357. The summed E-state index contributed by atoms with van der Waals surface area (Å²) in [6, 6.07) is 12.1. The van der Waals surface area contributed by atoms with Crippen LogP contribution >= 0.6 is 11.8 Å². The molecule has 3 heterocycles. The Kier molecular flexibility index (Phi) is 6.74. The van der Waals surface area contributed by atoms with E-state index in [9.17, 15) is 4.79 Å². The van der Waals surface area contributed by atoms with Crippen molar-refractivity contribution in [3.05, 3.63) is 59.5 Å². The summed E-state index contributed by atoms with van der Waals surface area (Å²) in [6.07, 6.45) is 4.83. The quantitative estimate of drug-likeness (QED) is 0.530. The zero-order valence-corrected chi connectivity index (χ0v) is 18.0. The number of thioether (sulfide) groups is 1. The van der Waals surface area contributed by atoms with Crippen molar-refractivity contribution in [1.29, 1.82) is 0 Å². The van der Waals surface area contributed by atoms with Crippen molar-refractivity contribution < 1.29 is 9.21 Å². The normalized spacial score (nSPS) is 13.7. The maximum atomic E-state index is 12.4. The summed E-state index contributed by atoms with van der Waals surface area (Å²) in [6.45, 7) is 5.25. The Labute approximate surface area is 180 Å². The van der Waals surface area contributed by atoms with Gasteiger partial charge in [0.25, 0.3) is 0 Å². The van der Waals surface area contributed by atoms with Crippen LogP contribution in [0.15, 0.2) is 52.2 Å². The van der Waals surface area contributed by atoms with Gasteiger partial charge in [-0.2, -0.15) is 0 Å². The molecule has 0 aliphatic carbocycles. The monoisotopic (exact) mass is 425 g/mol. The van der Waals surface area contributed by atoms with Crippen molar-refractivity contribution >= 4 is 23.6 Å². The van der Waals surface area contributed by atoms with Crippen LogP contribution in [0.25, 0.3) is 0 Å². The molecule has 1 aromatic carbocycles. The van der Waals surface area contributed by atoms with Crippen molar-refractivity contribution in [3.8, 4) is 0 Å². The highest BCUT2D eigenvalue weighted by Gasteiger charge is 2.22. The molecule has 0 saturated carbocycles. The van der Waals surface area contributed by atoms with E-state index < -0.39 is 0 Å². The number of rotatable bonds is 9. The number of carbonyl (C=O) groups excluding carboxylic acids is 1. The summed E-state index contributed by atoms with van der Waals surface area (Å²) >= 11 is 1.42. The molecular formula is C22H27N5O2S. The number of carbonyl (C=O) groups is 1. The molecule has 30 heavy (non-hydrogen) atoms. The van der Waals surface area contributed by atoms with Gasteiger partial charge in [-0.25, -0.2) is 0 Å². The molecule has 0 radical (unpaired) electrons. The van der Waals surface area contributed by atoms with E-state index in [0.717, 1.165) is 36.4 Å². The lowest BCUT2D eigenvalue weighted by Gasteiger charge is -2.17. The van der Waals surface area contributed by atoms with Crippen LogP contribution in [0.1, 0.15) is 29.7 Å². The third kappa shape index (κ3) is 5.05. The second kappa shape index (κ2) is 9.84. The van der Waals surface area contributed by atoms with E-state index in [1.54, 1.807) is 6.26 Å². The van der Waals surface area contributed by atoms with Gasteiger partial charge in [0.2, 0.25) is 11.9 Å². The molecule has 3 aromatic rings. The SMILES string of the molecule is Cc1ccccc1CCNC(=O)CSc1nnc(N2CCCC2)n1Cc1ccco1. The van der Waals surface area contributed by atoms with Gasteiger partial charge >= 0.3 is 0 Å². The molecule has 0 atom stereocenters. The number of aromatic nitrogens is 3. The maximum absolute atomic E-state index is 12.4. The Morgan fingerprint density at radius 2 is 2.00 bits per heavy atom. The predicted molar refractivity (Wildman–Crippen MR) is 118 cm³/mol. The van der Waals surface area contributed by atoms with Gasteiger partial charge in [-0.15, -0.1) is 10.2 Å². The molecule has 1 aliphatic rings. The van der Waals surface area contributed by atoms with Crippen LogP contribution in [0.3, 0.4) is 0 Å². The number of hydrogen-bond donors (Lipinski definition) is 1. The van der Waals surface area contributed by atoms with Gasteiger partial charge in [-0.3, -0.25) is 9.36 Å². The molecule has 4 rings (SSSR count). The van der Waals surface area contributed by atoms with Crippen molar-refractivity contribution in [1.82, 2.24) is 20.1 Å². The van der Waals surface area contributed by atoms with Crippen LogP contribution in [0.5, 0.6) is 0 Å². The van der Waals surface area contributed by atoms with E-state index in [1.807, 2.05) is 24.3 Å². The number of anilines is 1. The number of benzene rings is 1. The third-order valence-electron chi connectivity index (χ3n) is 5.29. The summed E-state index contributed by atoms with van der Waals surface area (Å²) < 4.78 is 7.58. The van der Waals surface area contributed by atoms with Gasteiger partial charge in [-0.05, 0) is 49.4 Å². The van der Waals surface area contributed by atoms with E-state index >= 15 is 0 Å². The zero-order valence-electron chi connectivity index (χ0n) is 17.2. The standard InChI is InChI=1S/C22H27N5O2S/c1-17-7-2-3-8-18(17)10-11-23-20(28)16-30-22-25-24-21(26-12-4-5-13-26)27(22)15-19-9-6-14-29-19/h2-3,6-9,14H,4-5,10-13,15-16H2,1H3,(H,23,28). The number of furan rings is 1. The highest BCUT2D eigenvalue weighted by Crippen LogP contribution is 2.25. The number of hydrogen-bond acceptors (Lipinski definition) is 6. The largest absolute Gasteiger partial charge is 0.467 e. The van der Waals surface area contributed by atoms with Gasteiger partial charge in [0.15, 0.2) is 5.16 Å². The molecule has 0 bridgehead atoms. The highest BCUT2D eigenvalue weighted by atomic mass is 32.2. The van der Waals surface area contributed by atoms with Gasteiger partial charge in [0.05, 0.1) is 18.6 Å². The molecule has 0 spiro atoms. The molecule has 158 valence electrons. The highest BCUT2D eigenvalue weighted by molar-refractivity contribution is 7.99. The minimum Gasteiger partial charge on any atom is -0.467 e. The molecule has 1 fully saturated rings. The summed E-state index contributed by atoms with van der Waals surface area (Å²) in [7, 11) is 0. The molecule has 1 amide bonds. The molecule has 0 unspecified atom stereocenters. The summed E-state index contributed by atoms with van der Waals surface area (Å²) in [5, 5.41) is 12.5. The van der Waals surface area contributed by atoms with E-state index in [4.69, 9.17) is 4.42 Å². The lowest BCUT2D eigenvalue weighted by Crippen LogP contribution is -2.27. The first-order chi connectivity index (χ1) is 14.7. The first-order valence-corrected chi connectivity index (χ1v) is 11.3. The fourth-order valence-corrected chi connectivity index (χ4v) is 4.41. The van der Waals surface area contributed by atoms with E-state index in [0.29, 0.717) is 18.8 Å². The van der Waals surface area contributed by atoms with Gasteiger partial charge in [-0.1, -0.05) is 36.0 Å². The van der Waals surface area contributed by atoms with Crippen molar-refractivity contribution in [2.45, 2.75) is 37.9 Å². The number of aryl methyl sites for hydroxylation is 1. The Bertz CT molecular complexity index is 964. The lowest BCUT2D eigenvalue weighted by molar-refractivity contribution is -0.118. The molecule has 2 aromatic heterocycles. The maximum Gasteiger partial charge on any atom is 0.230 e. The Balaban J connectivity index is 1.35. The van der Waals surface area contributed by atoms with E-state index in [-0.39, 0.29) is 5.91 Å². The summed E-state index contributed by atoms with van der Waals surface area (Å²) in [4.78, 5) is 14.6. The Morgan fingerprint density at radius 3 is 2.77 bits per heavy atom. The van der Waals surface area contributed by atoms with Crippen LogP contribution in [-0.4, -0.2) is 46.1 Å². The van der Waals surface area contributed by atoms with Gasteiger partial charge < -0.3 is 14.6 Å². The number of nitrogens with zero attached hydrogens (tertiary/aromatic N) is 4. The van der Waals surface area contributed by atoms with Crippen LogP contribution in [0.2, 0.25) is 0 Å². The summed E-state index contributed by atoms with van der Waals surface area (Å²) in [5.41, 5.74) is 2.51. The van der Waals surface area contributed by atoms with Crippen LogP contribution < -0.4 is 10.2 Å². The average molecular weight is 426 g/mol. The summed E-state index contributed by atoms with van der Waals surface area (Å²) in [5.74, 6) is 2.01. The van der Waals surface area contributed by atoms with E-state index in [2.05, 4.69) is 44.0 Å². The molecule has 7 nitrogen and oxygen atoms in total. The van der Waals surface area contributed by atoms with Gasteiger partial charge in [0.1, 0.15) is 5.76 Å². The van der Waals surface area contributed by atoms with Crippen molar-refractivity contribution in [2.24, 2.45) is 0 Å². The van der Waals surface area contributed by atoms with Gasteiger partial charge in [0, 0.05) is 19.6 Å². The number of nitrogens with one attached hydrogen (secondary N) is 1. The lowest BCUT2D eigenvalue weighted by atomic mass is 10.1. The first kappa shape index (κ1) is 20.5. The zero-order chi connectivity index (χ0) is 20.8. The smallest absolute Gasteiger partial charge is 0.230 e. The second-order valence-corrected chi connectivity index (χ2v) is 8.40. The second-order valence-electron chi connectivity index (χ2n) is 7.46. The minimum absolute atomic E-state index is 0.00357. The third-order valence-corrected chi connectivity index (χ3v) is 6.26. The molecule has 1 aliphatic heterocycles.